The third-order valence-corrected chi connectivity index (χ3v) is 3.39. The van der Waals surface area contributed by atoms with E-state index in [9.17, 15) is 0 Å². The molecule has 4 nitrogen and oxygen atoms in total. The normalized spacial score (nSPS) is 15.2. The monoisotopic (exact) mass is 246 g/mol. The fourth-order valence-corrected chi connectivity index (χ4v) is 2.08. The molecule has 0 aliphatic heterocycles. The predicted molar refractivity (Wildman–Crippen MR) is 72.2 cm³/mol. The number of nitrogens with two attached hydrogens (primary N) is 1. The van der Waals surface area contributed by atoms with Crippen molar-refractivity contribution in [3.63, 3.8) is 0 Å². The lowest BCUT2D eigenvalue weighted by atomic mass is 9.97. The van der Waals surface area contributed by atoms with Crippen LogP contribution in [0, 0.1) is 5.92 Å². The van der Waals surface area contributed by atoms with E-state index in [1.165, 1.54) is 0 Å². The first kappa shape index (κ1) is 16.8. The number of hydrogen-bond acceptors (Lipinski definition) is 4. The Morgan fingerprint density at radius 3 is 2.24 bits per heavy atom. The highest BCUT2D eigenvalue weighted by molar-refractivity contribution is 4.77. The highest BCUT2D eigenvalue weighted by Crippen LogP contribution is 2.14. The summed E-state index contributed by atoms with van der Waals surface area (Å²) >= 11 is 0. The minimum atomic E-state index is 0.451. The lowest BCUT2D eigenvalue weighted by Crippen LogP contribution is -2.46. The van der Waals surface area contributed by atoms with Gasteiger partial charge >= 0.3 is 0 Å². The molecule has 0 saturated heterocycles. The molecule has 0 aliphatic carbocycles. The van der Waals surface area contributed by atoms with Crippen molar-refractivity contribution in [3.05, 3.63) is 0 Å². The summed E-state index contributed by atoms with van der Waals surface area (Å²) in [6.45, 7) is 8.76. The first-order valence-electron chi connectivity index (χ1n) is 6.63. The van der Waals surface area contributed by atoms with Gasteiger partial charge in [0.1, 0.15) is 0 Å². The van der Waals surface area contributed by atoms with E-state index in [2.05, 4.69) is 18.7 Å². The molecule has 2 N–H and O–H groups in total. The van der Waals surface area contributed by atoms with E-state index in [0.717, 1.165) is 39.1 Å². The Balaban J connectivity index is 4.28. The number of methoxy groups -OCH3 is 2. The van der Waals surface area contributed by atoms with Gasteiger partial charge in [-0.05, 0) is 12.3 Å². The standard InChI is InChI=1S/C13H30N2O2/c1-5-12(2)13(11-14)15(8-10-17-4)7-6-9-16-3/h12-13H,5-11,14H2,1-4H3. The molecule has 0 heterocycles. The fraction of sp³-hybridized carbons (Fsp3) is 1.00. The quantitative estimate of drug-likeness (QED) is 0.559. The third kappa shape index (κ3) is 6.99. The van der Waals surface area contributed by atoms with Crippen LogP contribution >= 0.6 is 0 Å². The van der Waals surface area contributed by atoms with Crippen LogP contribution in [0.3, 0.4) is 0 Å². The van der Waals surface area contributed by atoms with E-state index in [0.29, 0.717) is 18.5 Å². The van der Waals surface area contributed by atoms with Crippen molar-refractivity contribution in [1.29, 1.82) is 0 Å². The van der Waals surface area contributed by atoms with Gasteiger partial charge in [-0.2, -0.15) is 0 Å². The fourth-order valence-electron chi connectivity index (χ4n) is 2.08. The van der Waals surface area contributed by atoms with E-state index in [1.54, 1.807) is 14.2 Å². The minimum Gasteiger partial charge on any atom is -0.385 e. The van der Waals surface area contributed by atoms with Gasteiger partial charge in [-0.3, -0.25) is 4.90 Å². The molecule has 17 heavy (non-hydrogen) atoms. The molecule has 2 atom stereocenters. The second-order valence-electron chi connectivity index (χ2n) is 4.56. The van der Waals surface area contributed by atoms with E-state index in [4.69, 9.17) is 15.2 Å². The maximum Gasteiger partial charge on any atom is 0.0589 e. The van der Waals surface area contributed by atoms with Crippen LogP contribution < -0.4 is 5.73 Å². The molecule has 104 valence electrons. The topological polar surface area (TPSA) is 47.7 Å². The van der Waals surface area contributed by atoms with Gasteiger partial charge in [0.2, 0.25) is 0 Å². The summed E-state index contributed by atoms with van der Waals surface area (Å²) in [4.78, 5) is 2.44. The van der Waals surface area contributed by atoms with Gasteiger partial charge in [-0.25, -0.2) is 0 Å². The van der Waals surface area contributed by atoms with Crippen LogP contribution in [0.2, 0.25) is 0 Å². The molecule has 0 radical (unpaired) electrons. The first-order chi connectivity index (χ1) is 8.21. The Hall–Kier alpha value is -0.160. The molecular weight excluding hydrogens is 216 g/mol. The van der Waals surface area contributed by atoms with Crippen LogP contribution in [-0.2, 0) is 9.47 Å². The van der Waals surface area contributed by atoms with Crippen molar-refractivity contribution in [2.45, 2.75) is 32.7 Å². The van der Waals surface area contributed by atoms with E-state index in [1.807, 2.05) is 0 Å². The summed E-state index contributed by atoms with van der Waals surface area (Å²) in [5.41, 5.74) is 5.91. The van der Waals surface area contributed by atoms with Crippen LogP contribution in [0.5, 0.6) is 0 Å². The van der Waals surface area contributed by atoms with Gasteiger partial charge in [0, 0.05) is 46.5 Å². The molecular formula is C13H30N2O2. The second kappa shape index (κ2) is 11.0. The highest BCUT2D eigenvalue weighted by atomic mass is 16.5. The van der Waals surface area contributed by atoms with Crippen molar-refractivity contribution < 1.29 is 9.47 Å². The second-order valence-corrected chi connectivity index (χ2v) is 4.56. The van der Waals surface area contributed by atoms with Crippen LogP contribution in [0.15, 0.2) is 0 Å². The van der Waals surface area contributed by atoms with Crippen LogP contribution in [-0.4, -0.2) is 58.0 Å². The Kier molecular flexibility index (Phi) is 10.9. The minimum absolute atomic E-state index is 0.451. The van der Waals surface area contributed by atoms with Gasteiger partial charge < -0.3 is 15.2 Å². The molecule has 0 bridgehead atoms. The van der Waals surface area contributed by atoms with Crippen molar-refractivity contribution >= 4 is 0 Å². The van der Waals surface area contributed by atoms with E-state index in [-0.39, 0.29) is 0 Å². The van der Waals surface area contributed by atoms with Gasteiger partial charge in [0.25, 0.3) is 0 Å². The van der Waals surface area contributed by atoms with E-state index >= 15 is 0 Å². The van der Waals surface area contributed by atoms with Crippen LogP contribution in [0.4, 0.5) is 0 Å². The smallest absolute Gasteiger partial charge is 0.0589 e. The zero-order chi connectivity index (χ0) is 13.1. The molecule has 2 unspecified atom stereocenters. The summed E-state index contributed by atoms with van der Waals surface area (Å²) in [6.07, 6.45) is 2.21. The Bertz CT molecular complexity index is 167. The van der Waals surface area contributed by atoms with Gasteiger partial charge in [-0.1, -0.05) is 20.3 Å². The lowest BCUT2D eigenvalue weighted by molar-refractivity contribution is 0.0876. The summed E-state index contributed by atoms with van der Waals surface area (Å²) in [7, 11) is 3.49. The molecule has 0 aliphatic rings. The Morgan fingerprint density at radius 1 is 1.12 bits per heavy atom. The SMILES string of the molecule is CCC(C)C(CN)N(CCCOC)CCOC. The number of rotatable bonds is 11. The average Bonchev–Trinajstić information content (AvgIpc) is 2.35. The summed E-state index contributed by atoms with van der Waals surface area (Å²) in [5, 5.41) is 0. The zero-order valence-electron chi connectivity index (χ0n) is 11.9. The third-order valence-electron chi connectivity index (χ3n) is 3.39. The predicted octanol–water partition coefficient (Wildman–Crippen LogP) is 1.34. The zero-order valence-corrected chi connectivity index (χ0v) is 11.9. The van der Waals surface area contributed by atoms with Crippen molar-refractivity contribution in [3.8, 4) is 0 Å². The summed E-state index contributed by atoms with van der Waals surface area (Å²) in [5.74, 6) is 0.624. The van der Waals surface area contributed by atoms with E-state index < -0.39 is 0 Å². The molecule has 0 rings (SSSR count). The highest BCUT2D eigenvalue weighted by Gasteiger charge is 2.21. The Labute approximate surface area is 106 Å². The lowest BCUT2D eigenvalue weighted by Gasteiger charge is -2.34. The van der Waals surface area contributed by atoms with Crippen molar-refractivity contribution in [1.82, 2.24) is 4.90 Å². The summed E-state index contributed by atoms with van der Waals surface area (Å²) < 4.78 is 10.3. The molecule has 0 aromatic heterocycles. The molecule has 0 spiro atoms. The Morgan fingerprint density at radius 2 is 1.76 bits per heavy atom. The number of hydrogen-bond donors (Lipinski definition) is 1. The molecule has 0 fully saturated rings. The molecule has 0 aromatic carbocycles. The van der Waals surface area contributed by atoms with Crippen LogP contribution in [0.25, 0.3) is 0 Å². The van der Waals surface area contributed by atoms with Gasteiger partial charge in [-0.15, -0.1) is 0 Å². The molecule has 4 heteroatoms. The maximum absolute atomic E-state index is 5.91. The van der Waals surface area contributed by atoms with Crippen molar-refractivity contribution in [2.75, 3.05) is 47.1 Å². The molecule has 0 amide bonds. The maximum atomic E-state index is 5.91. The largest absolute Gasteiger partial charge is 0.385 e. The number of ether oxygens (including phenoxy) is 2. The van der Waals surface area contributed by atoms with Gasteiger partial charge in [0.15, 0.2) is 0 Å². The van der Waals surface area contributed by atoms with Crippen molar-refractivity contribution in [2.24, 2.45) is 11.7 Å². The molecule has 0 saturated carbocycles. The molecule has 0 aromatic rings. The van der Waals surface area contributed by atoms with Gasteiger partial charge in [0.05, 0.1) is 6.61 Å². The summed E-state index contributed by atoms with van der Waals surface area (Å²) in [6, 6.07) is 0.451. The van der Waals surface area contributed by atoms with Crippen LogP contribution in [0.1, 0.15) is 26.7 Å². The number of nitrogens with zero attached hydrogens (tertiary/aromatic N) is 1. The first-order valence-corrected chi connectivity index (χ1v) is 6.63. The average molecular weight is 246 g/mol.